The van der Waals surface area contributed by atoms with Gasteiger partial charge in [0.1, 0.15) is 6.04 Å². The van der Waals surface area contributed by atoms with Gasteiger partial charge in [-0.05, 0) is 25.2 Å². The van der Waals surface area contributed by atoms with Crippen molar-refractivity contribution in [2.75, 3.05) is 7.05 Å². The maximum absolute atomic E-state index is 12.2. The zero-order valence-corrected chi connectivity index (χ0v) is 12.3. The van der Waals surface area contributed by atoms with Crippen LogP contribution < -0.4 is 10.6 Å². The SMILES string of the molecule is CNC(=O)C(CC(C)C)NC(=O)[C@@H]1CCC[C@@H]1C(=O)O. The van der Waals surface area contributed by atoms with Gasteiger partial charge in [0.05, 0.1) is 11.8 Å². The average Bonchev–Trinajstić information content (AvgIpc) is 2.85. The Bertz CT molecular complexity index is 381. The number of amides is 2. The molecule has 0 heterocycles. The average molecular weight is 284 g/mol. The molecule has 0 saturated heterocycles. The normalized spacial score (nSPS) is 23.4. The standard InChI is InChI=1S/C14H24N2O4/c1-8(2)7-11(13(18)15-3)16-12(17)9-5-4-6-10(9)14(19)20/h8-11H,4-7H2,1-3H3,(H,15,18)(H,16,17)(H,19,20)/t9-,10+,11?/m1/s1. The van der Waals surface area contributed by atoms with Crippen molar-refractivity contribution >= 4 is 17.8 Å². The number of aliphatic carboxylic acids is 1. The summed E-state index contributed by atoms with van der Waals surface area (Å²) in [5, 5.41) is 14.4. The van der Waals surface area contributed by atoms with Crippen LogP contribution in [0.4, 0.5) is 0 Å². The molecule has 114 valence electrons. The van der Waals surface area contributed by atoms with Crippen LogP contribution in [0.5, 0.6) is 0 Å². The molecule has 2 amide bonds. The number of hydrogen-bond donors (Lipinski definition) is 3. The number of nitrogens with one attached hydrogen (secondary N) is 2. The molecule has 0 spiro atoms. The highest BCUT2D eigenvalue weighted by molar-refractivity contribution is 5.90. The second-order valence-corrected chi connectivity index (χ2v) is 5.79. The quantitative estimate of drug-likeness (QED) is 0.671. The van der Waals surface area contributed by atoms with Crippen molar-refractivity contribution in [3.8, 4) is 0 Å². The van der Waals surface area contributed by atoms with Gasteiger partial charge in [-0.1, -0.05) is 20.3 Å². The Kier molecular flexibility index (Phi) is 5.98. The summed E-state index contributed by atoms with van der Waals surface area (Å²) in [7, 11) is 1.53. The Hall–Kier alpha value is -1.59. The summed E-state index contributed by atoms with van der Waals surface area (Å²) < 4.78 is 0. The molecule has 1 saturated carbocycles. The monoisotopic (exact) mass is 284 g/mol. The Morgan fingerprint density at radius 3 is 2.30 bits per heavy atom. The minimum absolute atomic E-state index is 0.239. The molecule has 1 fully saturated rings. The summed E-state index contributed by atoms with van der Waals surface area (Å²) in [4.78, 5) is 35.1. The molecule has 1 aliphatic rings. The molecule has 1 unspecified atom stereocenters. The van der Waals surface area contributed by atoms with Gasteiger partial charge in [0.2, 0.25) is 11.8 Å². The van der Waals surface area contributed by atoms with E-state index in [2.05, 4.69) is 10.6 Å². The first kappa shape index (κ1) is 16.5. The van der Waals surface area contributed by atoms with E-state index in [1.807, 2.05) is 13.8 Å². The highest BCUT2D eigenvalue weighted by Crippen LogP contribution is 2.32. The molecule has 0 aliphatic heterocycles. The smallest absolute Gasteiger partial charge is 0.307 e. The number of carbonyl (C=O) groups is 3. The number of hydrogen-bond acceptors (Lipinski definition) is 3. The molecule has 1 rings (SSSR count). The van der Waals surface area contributed by atoms with Gasteiger partial charge in [0.15, 0.2) is 0 Å². The fraction of sp³-hybridized carbons (Fsp3) is 0.786. The van der Waals surface area contributed by atoms with Crippen LogP contribution in [0.15, 0.2) is 0 Å². The number of likely N-dealkylation sites (N-methyl/N-ethyl adjacent to an activating group) is 1. The molecule has 0 bridgehead atoms. The molecule has 3 atom stereocenters. The molecule has 0 aromatic heterocycles. The van der Waals surface area contributed by atoms with E-state index >= 15 is 0 Å². The number of carbonyl (C=O) groups excluding carboxylic acids is 2. The van der Waals surface area contributed by atoms with E-state index in [0.717, 1.165) is 6.42 Å². The van der Waals surface area contributed by atoms with E-state index in [9.17, 15) is 14.4 Å². The molecular weight excluding hydrogens is 260 g/mol. The van der Waals surface area contributed by atoms with Crippen LogP contribution in [0.25, 0.3) is 0 Å². The number of carboxylic acids is 1. The van der Waals surface area contributed by atoms with Crippen LogP contribution in [-0.2, 0) is 14.4 Å². The van der Waals surface area contributed by atoms with Crippen molar-refractivity contribution in [3.05, 3.63) is 0 Å². The van der Waals surface area contributed by atoms with Gasteiger partial charge < -0.3 is 15.7 Å². The Balaban J connectivity index is 2.70. The molecule has 0 aromatic rings. The van der Waals surface area contributed by atoms with Crippen LogP contribution in [0.3, 0.4) is 0 Å². The van der Waals surface area contributed by atoms with Gasteiger partial charge in [0.25, 0.3) is 0 Å². The van der Waals surface area contributed by atoms with Crippen LogP contribution in [0.1, 0.15) is 39.5 Å². The van der Waals surface area contributed by atoms with E-state index < -0.39 is 23.8 Å². The summed E-state index contributed by atoms with van der Waals surface area (Å²) in [6, 6.07) is -0.595. The Labute approximate surface area is 119 Å². The van der Waals surface area contributed by atoms with Gasteiger partial charge in [-0.15, -0.1) is 0 Å². The third-order valence-corrected chi connectivity index (χ3v) is 3.76. The summed E-state index contributed by atoms with van der Waals surface area (Å²) in [5.74, 6) is -2.37. The molecule has 6 heteroatoms. The van der Waals surface area contributed by atoms with E-state index in [4.69, 9.17) is 5.11 Å². The minimum Gasteiger partial charge on any atom is -0.481 e. The first-order chi connectivity index (χ1) is 9.36. The Morgan fingerprint density at radius 2 is 1.80 bits per heavy atom. The van der Waals surface area contributed by atoms with Crippen molar-refractivity contribution in [2.45, 2.75) is 45.6 Å². The highest BCUT2D eigenvalue weighted by atomic mass is 16.4. The fourth-order valence-corrected chi connectivity index (χ4v) is 2.73. The predicted octanol–water partition coefficient (Wildman–Crippen LogP) is 0.764. The van der Waals surface area contributed by atoms with Crippen molar-refractivity contribution in [3.63, 3.8) is 0 Å². The van der Waals surface area contributed by atoms with Gasteiger partial charge in [-0.25, -0.2) is 0 Å². The van der Waals surface area contributed by atoms with Crippen molar-refractivity contribution in [1.29, 1.82) is 0 Å². The van der Waals surface area contributed by atoms with Crippen LogP contribution in [-0.4, -0.2) is 36.0 Å². The molecule has 20 heavy (non-hydrogen) atoms. The summed E-state index contributed by atoms with van der Waals surface area (Å²) in [6.45, 7) is 3.94. The third-order valence-electron chi connectivity index (χ3n) is 3.76. The maximum Gasteiger partial charge on any atom is 0.307 e. The molecule has 0 aromatic carbocycles. The van der Waals surface area contributed by atoms with E-state index in [1.54, 1.807) is 0 Å². The lowest BCUT2D eigenvalue weighted by Gasteiger charge is -2.22. The topological polar surface area (TPSA) is 95.5 Å². The van der Waals surface area contributed by atoms with Crippen LogP contribution >= 0.6 is 0 Å². The zero-order chi connectivity index (χ0) is 15.3. The zero-order valence-electron chi connectivity index (χ0n) is 12.3. The molecule has 1 aliphatic carbocycles. The molecule has 6 nitrogen and oxygen atoms in total. The molecular formula is C14H24N2O4. The van der Waals surface area contributed by atoms with Gasteiger partial charge in [-0.2, -0.15) is 0 Å². The van der Waals surface area contributed by atoms with Gasteiger partial charge >= 0.3 is 5.97 Å². The first-order valence-corrected chi connectivity index (χ1v) is 7.11. The van der Waals surface area contributed by atoms with E-state index in [-0.39, 0.29) is 17.7 Å². The molecule has 3 N–H and O–H groups in total. The summed E-state index contributed by atoms with van der Waals surface area (Å²) in [5.41, 5.74) is 0. The van der Waals surface area contributed by atoms with Crippen molar-refractivity contribution < 1.29 is 19.5 Å². The van der Waals surface area contributed by atoms with E-state index in [0.29, 0.717) is 19.3 Å². The third kappa shape index (κ3) is 4.21. The van der Waals surface area contributed by atoms with Gasteiger partial charge in [-0.3, -0.25) is 14.4 Å². The second kappa shape index (κ2) is 7.26. The Morgan fingerprint density at radius 1 is 1.20 bits per heavy atom. The first-order valence-electron chi connectivity index (χ1n) is 7.11. The summed E-state index contributed by atoms with van der Waals surface area (Å²) >= 11 is 0. The predicted molar refractivity (Wildman–Crippen MR) is 73.9 cm³/mol. The summed E-state index contributed by atoms with van der Waals surface area (Å²) in [6.07, 6.45) is 2.38. The highest BCUT2D eigenvalue weighted by Gasteiger charge is 2.38. The number of carboxylic acid groups (broad SMARTS) is 1. The van der Waals surface area contributed by atoms with Crippen molar-refractivity contribution in [1.82, 2.24) is 10.6 Å². The minimum atomic E-state index is -0.928. The van der Waals surface area contributed by atoms with Crippen LogP contribution in [0.2, 0.25) is 0 Å². The maximum atomic E-state index is 12.2. The van der Waals surface area contributed by atoms with Crippen molar-refractivity contribution in [2.24, 2.45) is 17.8 Å². The van der Waals surface area contributed by atoms with Gasteiger partial charge in [0, 0.05) is 7.05 Å². The second-order valence-electron chi connectivity index (χ2n) is 5.79. The lowest BCUT2D eigenvalue weighted by Crippen LogP contribution is -2.49. The lowest BCUT2D eigenvalue weighted by molar-refractivity contribution is -0.146. The van der Waals surface area contributed by atoms with Crippen LogP contribution in [0, 0.1) is 17.8 Å². The largest absolute Gasteiger partial charge is 0.481 e. The fourth-order valence-electron chi connectivity index (χ4n) is 2.73. The van der Waals surface area contributed by atoms with E-state index in [1.165, 1.54) is 7.05 Å². The lowest BCUT2D eigenvalue weighted by atomic mass is 9.94. The number of rotatable bonds is 6. The molecule has 0 radical (unpaired) electrons.